The highest BCUT2D eigenvalue weighted by Gasteiger charge is 2.34. The molecule has 188 valence electrons. The summed E-state index contributed by atoms with van der Waals surface area (Å²) in [5, 5.41) is 2.74. The SMILES string of the molecule is CCN(C(=O)COC(=O)c1c2c(nc3ccccc13)/C(=C/c1cccs1)CCC2)[C@H]1CCS(=O)(=O)C1. The molecule has 1 saturated heterocycles. The molecule has 0 unspecified atom stereocenters. The molecule has 2 aliphatic rings. The number of fused-ring (bicyclic) bond motifs is 2. The molecule has 1 aliphatic heterocycles. The van der Waals surface area contributed by atoms with E-state index in [-0.39, 0.29) is 23.5 Å². The number of nitrogens with zero attached hydrogens (tertiary/aromatic N) is 2. The van der Waals surface area contributed by atoms with Crippen molar-refractivity contribution in [3.05, 3.63) is 63.5 Å². The minimum absolute atomic E-state index is 0.0393. The molecule has 0 spiro atoms. The van der Waals surface area contributed by atoms with Gasteiger partial charge in [0.1, 0.15) is 0 Å². The number of rotatable bonds is 6. The number of hydrogen-bond acceptors (Lipinski definition) is 7. The number of pyridine rings is 1. The molecule has 1 aromatic carbocycles. The van der Waals surface area contributed by atoms with Gasteiger partial charge in [0.15, 0.2) is 16.4 Å². The summed E-state index contributed by atoms with van der Waals surface area (Å²) < 4.78 is 29.4. The Balaban J connectivity index is 1.44. The van der Waals surface area contributed by atoms with E-state index in [2.05, 4.69) is 12.1 Å². The number of hydrogen-bond donors (Lipinski definition) is 0. The quantitative estimate of drug-likeness (QED) is 0.445. The molecule has 0 radical (unpaired) electrons. The fraction of sp³-hybridized carbons (Fsp3) is 0.370. The van der Waals surface area contributed by atoms with Crippen LogP contribution in [0.3, 0.4) is 0 Å². The number of amides is 1. The van der Waals surface area contributed by atoms with Crippen LogP contribution in [0.4, 0.5) is 0 Å². The molecule has 36 heavy (non-hydrogen) atoms. The zero-order valence-electron chi connectivity index (χ0n) is 20.1. The molecule has 2 aromatic heterocycles. The van der Waals surface area contributed by atoms with Crippen LogP contribution in [0, 0.1) is 0 Å². The number of thiophene rings is 1. The first kappa shape index (κ1) is 24.6. The van der Waals surface area contributed by atoms with Gasteiger partial charge in [-0.2, -0.15) is 0 Å². The van der Waals surface area contributed by atoms with E-state index in [4.69, 9.17) is 9.72 Å². The Morgan fingerprint density at radius 1 is 1.19 bits per heavy atom. The van der Waals surface area contributed by atoms with Crippen LogP contribution in [-0.4, -0.2) is 60.9 Å². The average Bonchev–Trinajstić information content (AvgIpc) is 3.51. The van der Waals surface area contributed by atoms with Crippen LogP contribution in [0.25, 0.3) is 22.6 Å². The molecule has 0 bridgehead atoms. The molecular formula is C27H28N2O5S2. The van der Waals surface area contributed by atoms with E-state index in [0.29, 0.717) is 35.9 Å². The van der Waals surface area contributed by atoms with Gasteiger partial charge in [0.05, 0.1) is 28.3 Å². The van der Waals surface area contributed by atoms with Crippen molar-refractivity contribution in [2.45, 2.75) is 38.6 Å². The molecule has 1 atom stereocenters. The smallest absolute Gasteiger partial charge is 0.339 e. The highest BCUT2D eigenvalue weighted by atomic mass is 32.2. The minimum Gasteiger partial charge on any atom is -0.452 e. The van der Waals surface area contributed by atoms with E-state index < -0.39 is 22.4 Å². The van der Waals surface area contributed by atoms with Gasteiger partial charge in [-0.1, -0.05) is 24.3 Å². The zero-order valence-corrected chi connectivity index (χ0v) is 21.7. The van der Waals surface area contributed by atoms with Crippen LogP contribution in [-0.2, 0) is 25.8 Å². The van der Waals surface area contributed by atoms with Crippen molar-refractivity contribution < 1.29 is 22.7 Å². The third kappa shape index (κ3) is 4.95. The Kier molecular flexibility index (Phi) is 6.94. The molecule has 3 aromatic rings. The number of benzene rings is 1. The number of likely N-dealkylation sites (N-methyl/N-ethyl adjacent to an activating group) is 1. The van der Waals surface area contributed by atoms with Crippen LogP contribution in [0.5, 0.6) is 0 Å². The molecule has 7 nitrogen and oxygen atoms in total. The summed E-state index contributed by atoms with van der Waals surface area (Å²) in [6.45, 7) is 1.74. The summed E-state index contributed by atoms with van der Waals surface area (Å²) in [4.78, 5) is 34.0. The monoisotopic (exact) mass is 524 g/mol. The normalized spacial score (nSPS) is 19.8. The largest absolute Gasteiger partial charge is 0.452 e. The molecule has 0 saturated carbocycles. The Bertz CT molecular complexity index is 1440. The molecule has 9 heteroatoms. The topological polar surface area (TPSA) is 93.6 Å². The number of carbonyl (C=O) groups is 2. The Hall–Kier alpha value is -3.04. The molecule has 5 rings (SSSR count). The number of sulfone groups is 1. The number of allylic oxidation sites excluding steroid dienone is 1. The van der Waals surface area contributed by atoms with Gasteiger partial charge in [-0.05, 0) is 67.3 Å². The lowest BCUT2D eigenvalue weighted by Crippen LogP contribution is -2.43. The standard InChI is InChI=1S/C27H28N2O5S2/c1-2-29(19-12-14-36(32,33)17-19)24(30)16-34-27(31)25-21-9-3-4-11-23(21)28-26-18(7-5-10-22(25)26)15-20-8-6-13-35-20/h3-4,6,8-9,11,13,15,19H,2,5,7,10,12,14,16-17H2,1H3/b18-15+/t19-/m0/s1. The van der Waals surface area contributed by atoms with Crippen molar-refractivity contribution in [3.8, 4) is 0 Å². The summed E-state index contributed by atoms with van der Waals surface area (Å²) in [7, 11) is -3.13. The Morgan fingerprint density at radius 2 is 2.03 bits per heavy atom. The second-order valence-electron chi connectivity index (χ2n) is 9.18. The van der Waals surface area contributed by atoms with Gasteiger partial charge in [-0.15, -0.1) is 11.3 Å². The first-order valence-electron chi connectivity index (χ1n) is 12.2. The van der Waals surface area contributed by atoms with Crippen molar-refractivity contribution in [3.63, 3.8) is 0 Å². The fourth-order valence-electron chi connectivity index (χ4n) is 5.20. The van der Waals surface area contributed by atoms with Crippen molar-refractivity contribution in [2.75, 3.05) is 24.7 Å². The average molecular weight is 525 g/mol. The molecule has 0 N–H and O–H groups in total. The second-order valence-corrected chi connectivity index (χ2v) is 12.4. The number of aromatic nitrogens is 1. The second kappa shape index (κ2) is 10.1. The van der Waals surface area contributed by atoms with Gasteiger partial charge < -0.3 is 9.64 Å². The number of ether oxygens (including phenoxy) is 1. The van der Waals surface area contributed by atoms with Crippen LogP contribution in [0.2, 0.25) is 0 Å². The van der Waals surface area contributed by atoms with Gasteiger partial charge in [0, 0.05) is 22.8 Å². The lowest BCUT2D eigenvalue weighted by molar-refractivity contribution is -0.136. The molecule has 3 heterocycles. The van der Waals surface area contributed by atoms with Gasteiger partial charge in [-0.3, -0.25) is 4.79 Å². The summed E-state index contributed by atoms with van der Waals surface area (Å²) in [6, 6.07) is 11.2. The number of carbonyl (C=O) groups excluding carboxylic acids is 2. The number of esters is 1. The third-order valence-corrected chi connectivity index (χ3v) is 9.44. The van der Waals surface area contributed by atoms with Crippen LogP contribution >= 0.6 is 11.3 Å². The van der Waals surface area contributed by atoms with E-state index in [1.165, 1.54) is 4.90 Å². The summed E-state index contributed by atoms with van der Waals surface area (Å²) in [5.41, 5.74) is 3.94. The van der Waals surface area contributed by atoms with E-state index in [1.807, 2.05) is 35.7 Å². The van der Waals surface area contributed by atoms with Crippen LogP contribution < -0.4 is 0 Å². The minimum atomic E-state index is -3.13. The molecule has 1 fully saturated rings. The van der Waals surface area contributed by atoms with Crippen molar-refractivity contribution in [1.29, 1.82) is 0 Å². The van der Waals surface area contributed by atoms with Crippen molar-refractivity contribution in [1.82, 2.24) is 9.88 Å². The maximum absolute atomic E-state index is 13.5. The molecular weight excluding hydrogens is 496 g/mol. The van der Waals surface area contributed by atoms with Crippen molar-refractivity contribution in [2.24, 2.45) is 0 Å². The maximum atomic E-state index is 13.5. The maximum Gasteiger partial charge on any atom is 0.339 e. The highest BCUT2D eigenvalue weighted by Crippen LogP contribution is 2.37. The van der Waals surface area contributed by atoms with Crippen LogP contribution in [0.1, 0.15) is 52.7 Å². The highest BCUT2D eigenvalue weighted by molar-refractivity contribution is 7.91. The predicted octanol–water partition coefficient (Wildman–Crippen LogP) is 4.37. The third-order valence-electron chi connectivity index (χ3n) is 6.87. The summed E-state index contributed by atoms with van der Waals surface area (Å²) in [6.07, 6.45) is 5.02. The summed E-state index contributed by atoms with van der Waals surface area (Å²) in [5.74, 6) is -0.885. The van der Waals surface area contributed by atoms with E-state index in [9.17, 15) is 18.0 Å². The first-order valence-corrected chi connectivity index (χ1v) is 14.9. The van der Waals surface area contributed by atoms with Crippen LogP contribution in [0.15, 0.2) is 41.8 Å². The molecule has 1 aliphatic carbocycles. The fourth-order valence-corrected chi connectivity index (χ4v) is 7.61. The van der Waals surface area contributed by atoms with E-state index in [1.54, 1.807) is 18.3 Å². The lowest BCUT2D eigenvalue weighted by atomic mass is 9.86. The van der Waals surface area contributed by atoms with E-state index >= 15 is 0 Å². The first-order chi connectivity index (χ1) is 17.4. The number of para-hydroxylation sites is 1. The molecule has 1 amide bonds. The Labute approximate surface area is 214 Å². The van der Waals surface area contributed by atoms with E-state index in [0.717, 1.165) is 34.5 Å². The lowest BCUT2D eigenvalue weighted by Gasteiger charge is -2.27. The zero-order chi connectivity index (χ0) is 25.3. The van der Waals surface area contributed by atoms with Gasteiger partial charge >= 0.3 is 5.97 Å². The van der Waals surface area contributed by atoms with Gasteiger partial charge in [0.25, 0.3) is 5.91 Å². The summed E-state index contributed by atoms with van der Waals surface area (Å²) >= 11 is 1.66. The Morgan fingerprint density at radius 3 is 2.75 bits per heavy atom. The van der Waals surface area contributed by atoms with Gasteiger partial charge in [0.2, 0.25) is 0 Å². The van der Waals surface area contributed by atoms with Crippen molar-refractivity contribution >= 4 is 55.6 Å². The van der Waals surface area contributed by atoms with Gasteiger partial charge in [-0.25, -0.2) is 18.2 Å². The predicted molar refractivity (Wildman–Crippen MR) is 142 cm³/mol.